The maximum Gasteiger partial charge on any atom is 0.211 e. The van der Waals surface area contributed by atoms with Gasteiger partial charge in [0.15, 0.2) is 5.69 Å². The largest absolute Gasteiger partial charge is 0.318 e. The average Bonchev–Trinajstić information content (AvgIpc) is 3.70. The van der Waals surface area contributed by atoms with Crippen LogP contribution in [0, 0.1) is 24.5 Å². The lowest BCUT2D eigenvalue weighted by atomic mass is 9.95. The van der Waals surface area contributed by atoms with E-state index in [0.29, 0.717) is 22.6 Å². The lowest BCUT2D eigenvalue weighted by Gasteiger charge is -2.18. The fourth-order valence-electron chi connectivity index (χ4n) is 7.39. The number of rotatable bonds is 4. The van der Waals surface area contributed by atoms with Gasteiger partial charge in [-0.25, -0.2) is 9.69 Å². The topological polar surface area (TPSA) is 42.4 Å². The maximum absolute atomic E-state index is 9.67. The van der Waals surface area contributed by atoms with Gasteiger partial charge in [0, 0.05) is 27.2 Å². The van der Waals surface area contributed by atoms with Gasteiger partial charge in [-0.2, -0.15) is 5.26 Å². The Balaban J connectivity index is 1.22. The molecule has 0 saturated carbocycles. The molecule has 0 bridgehead atoms. The highest BCUT2D eigenvalue weighted by Crippen LogP contribution is 2.44. The quantitative estimate of drug-likeness (QED) is 0.177. The molecule has 2 heterocycles. The van der Waals surface area contributed by atoms with Crippen molar-refractivity contribution in [2.45, 2.75) is 0 Å². The van der Waals surface area contributed by atoms with Crippen molar-refractivity contribution < 1.29 is 0 Å². The molecular weight excluding hydrogens is 611 g/mol. The maximum atomic E-state index is 9.67. The molecule has 0 aliphatic rings. The van der Waals surface area contributed by atoms with Gasteiger partial charge in [-0.1, -0.05) is 103 Å². The SMILES string of the molecule is [C-]#[N+]c1ccc(-c2ccc(-n3c4ccccc4c4ccccc43)cc2)cc1-c1cccc([N+]#[C-])c1-n1c2ccccc2c2cc(C#N)ccc21. The summed E-state index contributed by atoms with van der Waals surface area (Å²) in [6.45, 7) is 16.3. The van der Waals surface area contributed by atoms with Crippen LogP contribution in [0.15, 0.2) is 152 Å². The summed E-state index contributed by atoms with van der Waals surface area (Å²) in [7, 11) is 0. The van der Waals surface area contributed by atoms with Crippen LogP contribution < -0.4 is 0 Å². The van der Waals surface area contributed by atoms with Crippen molar-refractivity contribution in [3.8, 4) is 39.7 Å². The minimum absolute atomic E-state index is 0.478. The van der Waals surface area contributed by atoms with Gasteiger partial charge in [0.2, 0.25) is 5.69 Å². The van der Waals surface area contributed by atoms with Crippen LogP contribution in [-0.4, -0.2) is 9.13 Å². The van der Waals surface area contributed by atoms with E-state index in [0.717, 1.165) is 60.8 Å². The predicted molar refractivity (Wildman–Crippen MR) is 203 cm³/mol. The van der Waals surface area contributed by atoms with E-state index in [1.807, 2.05) is 72.8 Å². The Bertz CT molecular complexity index is 2900. The van der Waals surface area contributed by atoms with Gasteiger partial charge in [-0.3, -0.25) is 0 Å². The number of benzene rings is 7. The van der Waals surface area contributed by atoms with Crippen LogP contribution in [0.3, 0.4) is 0 Å². The summed E-state index contributed by atoms with van der Waals surface area (Å²) >= 11 is 0. The van der Waals surface area contributed by atoms with E-state index in [2.05, 4.69) is 104 Å². The van der Waals surface area contributed by atoms with Gasteiger partial charge in [-0.05, 0) is 70.8 Å². The highest BCUT2D eigenvalue weighted by Gasteiger charge is 2.21. The molecule has 0 unspecified atom stereocenters. The Kier molecular flexibility index (Phi) is 6.56. The molecule has 9 rings (SSSR count). The third-order valence-corrected chi connectivity index (χ3v) is 9.61. The van der Waals surface area contributed by atoms with E-state index in [1.165, 1.54) is 10.8 Å². The average molecular weight is 636 g/mol. The Labute approximate surface area is 288 Å². The van der Waals surface area contributed by atoms with Crippen LogP contribution >= 0.6 is 0 Å². The van der Waals surface area contributed by atoms with E-state index in [1.54, 1.807) is 0 Å². The number of hydrogen-bond acceptors (Lipinski definition) is 1. The second-order valence-electron chi connectivity index (χ2n) is 12.2. The molecule has 7 aromatic carbocycles. The molecule has 0 atom stereocenters. The molecule has 0 radical (unpaired) electrons. The zero-order chi connectivity index (χ0) is 33.8. The standard InChI is InChI=1S/C45H25N5/c1-47-39-24-21-31(30-19-22-32(23-20-30)49-41-15-6-3-10-33(41)34-11-4-7-16-42(34)49)27-37(39)36-13-9-14-40(48-2)45(36)50-43-17-8-5-12-35(43)38-26-29(28-46)18-25-44(38)50/h3-27H. The van der Waals surface area contributed by atoms with E-state index in [4.69, 9.17) is 13.1 Å². The van der Waals surface area contributed by atoms with Gasteiger partial charge >= 0.3 is 0 Å². The smallest absolute Gasteiger partial charge is 0.211 e. The fraction of sp³-hybridized carbons (Fsp3) is 0. The van der Waals surface area contributed by atoms with Crippen molar-refractivity contribution in [3.63, 3.8) is 0 Å². The minimum atomic E-state index is 0.478. The van der Waals surface area contributed by atoms with Crippen molar-refractivity contribution >= 4 is 55.0 Å². The Morgan fingerprint density at radius 1 is 0.460 bits per heavy atom. The predicted octanol–water partition coefficient (Wildman–Crippen LogP) is 12.2. The molecule has 0 N–H and O–H groups in total. The van der Waals surface area contributed by atoms with E-state index < -0.39 is 0 Å². The number of para-hydroxylation sites is 4. The van der Waals surface area contributed by atoms with E-state index >= 15 is 0 Å². The summed E-state index contributed by atoms with van der Waals surface area (Å²) in [6, 6.07) is 53.1. The second kappa shape index (κ2) is 11.4. The van der Waals surface area contributed by atoms with Gasteiger partial charge in [0.05, 0.1) is 52.5 Å². The highest BCUT2D eigenvalue weighted by molar-refractivity contribution is 6.11. The van der Waals surface area contributed by atoms with Crippen LogP contribution in [0.25, 0.3) is 86.9 Å². The summed E-state index contributed by atoms with van der Waals surface area (Å²) in [5, 5.41) is 14.0. The summed E-state index contributed by atoms with van der Waals surface area (Å²) in [4.78, 5) is 7.91. The van der Waals surface area contributed by atoms with Gasteiger partial charge in [0.1, 0.15) is 0 Å². The molecule has 0 spiro atoms. The van der Waals surface area contributed by atoms with E-state index in [9.17, 15) is 5.26 Å². The first kappa shape index (κ1) is 28.8. The molecule has 0 amide bonds. The summed E-state index contributed by atoms with van der Waals surface area (Å²) in [6.07, 6.45) is 0. The zero-order valence-corrected chi connectivity index (χ0v) is 26.7. The van der Waals surface area contributed by atoms with Gasteiger partial charge < -0.3 is 9.13 Å². The Hall–Kier alpha value is -7.39. The molecule has 50 heavy (non-hydrogen) atoms. The van der Waals surface area contributed by atoms with Crippen molar-refractivity contribution in [3.05, 3.63) is 180 Å². The van der Waals surface area contributed by atoms with Crippen LogP contribution in [0.4, 0.5) is 11.4 Å². The first-order chi connectivity index (χ1) is 24.7. The Morgan fingerprint density at radius 2 is 1.04 bits per heavy atom. The summed E-state index contributed by atoms with van der Waals surface area (Å²) in [5.74, 6) is 0. The molecule has 5 nitrogen and oxygen atoms in total. The zero-order valence-electron chi connectivity index (χ0n) is 26.7. The van der Waals surface area contributed by atoms with Crippen LogP contribution in [0.2, 0.25) is 0 Å². The van der Waals surface area contributed by atoms with Crippen molar-refractivity contribution in [1.29, 1.82) is 5.26 Å². The monoisotopic (exact) mass is 635 g/mol. The molecule has 0 fully saturated rings. The van der Waals surface area contributed by atoms with E-state index in [-0.39, 0.29) is 0 Å². The van der Waals surface area contributed by atoms with Crippen molar-refractivity contribution in [1.82, 2.24) is 9.13 Å². The van der Waals surface area contributed by atoms with Gasteiger partial charge in [0.25, 0.3) is 0 Å². The molecule has 0 saturated heterocycles. The van der Waals surface area contributed by atoms with Crippen molar-refractivity contribution in [2.75, 3.05) is 0 Å². The molecule has 0 aliphatic carbocycles. The molecule has 2 aromatic heterocycles. The van der Waals surface area contributed by atoms with Crippen LogP contribution in [-0.2, 0) is 0 Å². The molecule has 9 aromatic rings. The number of nitriles is 1. The molecular formula is C45H25N5. The molecule has 230 valence electrons. The number of hydrogen-bond donors (Lipinski definition) is 0. The van der Waals surface area contributed by atoms with Crippen molar-refractivity contribution in [2.24, 2.45) is 0 Å². The number of aromatic nitrogens is 2. The molecule has 0 aliphatic heterocycles. The highest BCUT2D eigenvalue weighted by atomic mass is 15.0. The fourth-order valence-corrected chi connectivity index (χ4v) is 7.39. The lowest BCUT2D eigenvalue weighted by Crippen LogP contribution is -1.98. The lowest BCUT2D eigenvalue weighted by molar-refractivity contribution is 1.18. The first-order valence-corrected chi connectivity index (χ1v) is 16.2. The normalized spacial score (nSPS) is 11.1. The number of nitrogens with zero attached hydrogens (tertiary/aromatic N) is 5. The Morgan fingerprint density at radius 3 is 1.68 bits per heavy atom. The third kappa shape index (κ3) is 4.31. The third-order valence-electron chi connectivity index (χ3n) is 9.61. The summed E-state index contributed by atoms with van der Waals surface area (Å²) < 4.78 is 4.41. The van der Waals surface area contributed by atoms with Crippen LogP contribution in [0.1, 0.15) is 5.56 Å². The van der Waals surface area contributed by atoms with Crippen LogP contribution in [0.5, 0.6) is 0 Å². The summed E-state index contributed by atoms with van der Waals surface area (Å²) in [5.41, 5.74) is 11.0. The second-order valence-corrected chi connectivity index (χ2v) is 12.2. The first-order valence-electron chi connectivity index (χ1n) is 16.2. The number of fused-ring (bicyclic) bond motifs is 6. The molecule has 5 heteroatoms. The minimum Gasteiger partial charge on any atom is -0.318 e. The van der Waals surface area contributed by atoms with Gasteiger partial charge in [-0.15, -0.1) is 0 Å².